The van der Waals surface area contributed by atoms with Crippen LogP contribution >= 0.6 is 0 Å². The van der Waals surface area contributed by atoms with Crippen LogP contribution < -0.4 is 0 Å². The van der Waals surface area contributed by atoms with Crippen LogP contribution in [0.25, 0.3) is 0 Å². The highest BCUT2D eigenvalue weighted by Gasteiger charge is 1.90. The standard InChI is InChI=1S/C4H10O2.H2O/c1-4(3-5)6-2;/h4-5H,3H2,1-2H3;1H2. The van der Waals surface area contributed by atoms with Crippen LogP contribution in [0.3, 0.4) is 0 Å². The van der Waals surface area contributed by atoms with Crippen LogP contribution in [0.4, 0.5) is 0 Å². The maximum atomic E-state index is 8.21. The van der Waals surface area contributed by atoms with Gasteiger partial charge in [0.05, 0.1) is 12.7 Å². The van der Waals surface area contributed by atoms with Crippen molar-refractivity contribution in [2.24, 2.45) is 0 Å². The Labute approximate surface area is 43.2 Å². The third kappa shape index (κ3) is 5.88. The number of rotatable bonds is 2. The minimum atomic E-state index is -0.00926. The molecule has 0 saturated heterocycles. The highest BCUT2D eigenvalue weighted by molar-refractivity contribution is 4.38. The molecule has 3 heteroatoms. The number of hydrogen-bond acceptors (Lipinski definition) is 2. The lowest BCUT2D eigenvalue weighted by Crippen LogP contribution is -2.08. The molecule has 0 bridgehead atoms. The molecule has 0 aliphatic carbocycles. The van der Waals surface area contributed by atoms with Gasteiger partial charge in [0.1, 0.15) is 0 Å². The van der Waals surface area contributed by atoms with Gasteiger partial charge in [-0.15, -0.1) is 0 Å². The molecule has 0 saturated carbocycles. The van der Waals surface area contributed by atoms with E-state index in [4.69, 9.17) is 5.11 Å². The summed E-state index contributed by atoms with van der Waals surface area (Å²) in [6, 6.07) is 0. The molecule has 0 heterocycles. The second-order valence-electron chi connectivity index (χ2n) is 1.23. The van der Waals surface area contributed by atoms with E-state index in [1.807, 2.05) is 0 Å². The summed E-state index contributed by atoms with van der Waals surface area (Å²) in [5.41, 5.74) is 0. The Hall–Kier alpha value is -0.120. The van der Waals surface area contributed by atoms with Crippen LogP contribution in [0.5, 0.6) is 0 Å². The zero-order chi connectivity index (χ0) is 4.99. The Bertz CT molecular complexity index is 26.1. The first-order valence-corrected chi connectivity index (χ1v) is 1.95. The molecule has 0 spiro atoms. The van der Waals surface area contributed by atoms with Crippen molar-refractivity contribution in [2.75, 3.05) is 13.7 Å². The summed E-state index contributed by atoms with van der Waals surface area (Å²) >= 11 is 0. The molecule has 7 heavy (non-hydrogen) atoms. The van der Waals surface area contributed by atoms with Gasteiger partial charge in [0.2, 0.25) is 0 Å². The van der Waals surface area contributed by atoms with E-state index in [0.717, 1.165) is 0 Å². The predicted molar refractivity (Wildman–Crippen MR) is 27.2 cm³/mol. The molecule has 0 rings (SSSR count). The number of aliphatic hydroxyl groups is 1. The molecular weight excluding hydrogens is 96.0 g/mol. The molecular formula is C4H12O3. The van der Waals surface area contributed by atoms with Crippen molar-refractivity contribution in [1.29, 1.82) is 0 Å². The first-order valence-electron chi connectivity index (χ1n) is 1.95. The van der Waals surface area contributed by atoms with Crippen molar-refractivity contribution < 1.29 is 15.3 Å². The Morgan fingerprint density at radius 2 is 2.14 bits per heavy atom. The normalized spacial score (nSPS) is 12.4. The van der Waals surface area contributed by atoms with E-state index in [0.29, 0.717) is 0 Å². The highest BCUT2D eigenvalue weighted by atomic mass is 16.5. The third-order valence-electron chi connectivity index (χ3n) is 0.659. The Balaban J connectivity index is 0. The summed E-state index contributed by atoms with van der Waals surface area (Å²) in [6.07, 6.45) is -0.00926. The lowest BCUT2D eigenvalue weighted by atomic mass is 10.4. The lowest BCUT2D eigenvalue weighted by molar-refractivity contribution is 0.0623. The fourth-order valence-electron chi connectivity index (χ4n) is 0.0745. The van der Waals surface area contributed by atoms with E-state index < -0.39 is 0 Å². The third-order valence-corrected chi connectivity index (χ3v) is 0.659. The van der Waals surface area contributed by atoms with Crippen molar-refractivity contribution in [2.45, 2.75) is 13.0 Å². The monoisotopic (exact) mass is 108 g/mol. The second-order valence-corrected chi connectivity index (χ2v) is 1.23. The molecule has 3 N–H and O–H groups in total. The van der Waals surface area contributed by atoms with Crippen molar-refractivity contribution in [3.8, 4) is 0 Å². The van der Waals surface area contributed by atoms with Crippen LogP contribution in [0.2, 0.25) is 0 Å². The van der Waals surface area contributed by atoms with Gasteiger partial charge in [0.15, 0.2) is 0 Å². The molecule has 0 aliphatic heterocycles. The van der Waals surface area contributed by atoms with Crippen molar-refractivity contribution in [3.05, 3.63) is 0 Å². The quantitative estimate of drug-likeness (QED) is 0.502. The van der Waals surface area contributed by atoms with E-state index in [1.165, 1.54) is 0 Å². The van der Waals surface area contributed by atoms with Gasteiger partial charge in [-0.2, -0.15) is 0 Å². The summed E-state index contributed by atoms with van der Waals surface area (Å²) in [6.45, 7) is 1.91. The SMILES string of the molecule is COC(C)CO.O. The van der Waals surface area contributed by atoms with Gasteiger partial charge >= 0.3 is 0 Å². The van der Waals surface area contributed by atoms with E-state index in [2.05, 4.69) is 4.74 Å². The summed E-state index contributed by atoms with van der Waals surface area (Å²) < 4.78 is 4.65. The number of aliphatic hydroxyl groups excluding tert-OH is 1. The van der Waals surface area contributed by atoms with Gasteiger partial charge < -0.3 is 15.3 Å². The smallest absolute Gasteiger partial charge is 0.0773 e. The summed E-state index contributed by atoms with van der Waals surface area (Å²) in [4.78, 5) is 0. The average molecular weight is 108 g/mol. The maximum absolute atomic E-state index is 8.21. The van der Waals surface area contributed by atoms with Gasteiger partial charge in [-0.1, -0.05) is 0 Å². The minimum Gasteiger partial charge on any atom is -0.412 e. The molecule has 0 amide bonds. The minimum absolute atomic E-state index is 0. The molecule has 0 aliphatic rings. The first-order chi connectivity index (χ1) is 2.81. The van der Waals surface area contributed by atoms with E-state index in [1.54, 1.807) is 14.0 Å². The number of hydrogen-bond donors (Lipinski definition) is 1. The van der Waals surface area contributed by atoms with E-state index in [9.17, 15) is 0 Å². The average Bonchev–Trinajstić information content (AvgIpc) is 1.65. The van der Waals surface area contributed by atoms with Gasteiger partial charge in [-0.25, -0.2) is 0 Å². The molecule has 46 valence electrons. The number of methoxy groups -OCH3 is 1. The zero-order valence-corrected chi connectivity index (χ0v) is 4.64. The molecule has 0 fully saturated rings. The maximum Gasteiger partial charge on any atom is 0.0773 e. The first kappa shape index (κ1) is 9.99. The van der Waals surface area contributed by atoms with Gasteiger partial charge in [0.25, 0.3) is 0 Å². The number of ether oxygens (including phenoxy) is 1. The van der Waals surface area contributed by atoms with Crippen LogP contribution in [-0.4, -0.2) is 30.4 Å². The van der Waals surface area contributed by atoms with Crippen LogP contribution in [0, 0.1) is 0 Å². The molecule has 0 aromatic carbocycles. The van der Waals surface area contributed by atoms with Crippen LogP contribution in [0.15, 0.2) is 0 Å². The van der Waals surface area contributed by atoms with E-state index in [-0.39, 0.29) is 18.2 Å². The zero-order valence-electron chi connectivity index (χ0n) is 4.64. The van der Waals surface area contributed by atoms with Gasteiger partial charge in [-0.3, -0.25) is 0 Å². The fraction of sp³-hybridized carbons (Fsp3) is 1.00. The topological polar surface area (TPSA) is 61.0 Å². The van der Waals surface area contributed by atoms with Crippen LogP contribution in [-0.2, 0) is 4.74 Å². The summed E-state index contributed by atoms with van der Waals surface area (Å²) in [5.74, 6) is 0. The Morgan fingerprint density at radius 1 is 1.71 bits per heavy atom. The second kappa shape index (κ2) is 5.88. The molecule has 1 unspecified atom stereocenters. The summed E-state index contributed by atoms with van der Waals surface area (Å²) in [5, 5.41) is 8.21. The molecule has 0 aromatic rings. The Morgan fingerprint density at radius 3 is 2.14 bits per heavy atom. The highest BCUT2D eigenvalue weighted by Crippen LogP contribution is 1.80. The molecule has 1 atom stereocenters. The fourth-order valence-corrected chi connectivity index (χ4v) is 0.0745. The largest absolute Gasteiger partial charge is 0.412 e. The molecule has 0 radical (unpaired) electrons. The van der Waals surface area contributed by atoms with Crippen molar-refractivity contribution in [3.63, 3.8) is 0 Å². The van der Waals surface area contributed by atoms with Gasteiger partial charge in [-0.05, 0) is 6.92 Å². The predicted octanol–water partition coefficient (Wildman–Crippen LogP) is -0.811. The van der Waals surface area contributed by atoms with E-state index >= 15 is 0 Å². The molecule has 0 aromatic heterocycles. The van der Waals surface area contributed by atoms with Crippen LogP contribution in [0.1, 0.15) is 6.92 Å². The van der Waals surface area contributed by atoms with Gasteiger partial charge in [0, 0.05) is 7.11 Å². The van der Waals surface area contributed by atoms with Crippen molar-refractivity contribution >= 4 is 0 Å². The Kier molecular flexibility index (Phi) is 8.39. The molecule has 3 nitrogen and oxygen atoms in total. The van der Waals surface area contributed by atoms with Crippen molar-refractivity contribution in [1.82, 2.24) is 0 Å². The lowest BCUT2D eigenvalue weighted by Gasteiger charge is -2.00. The summed E-state index contributed by atoms with van der Waals surface area (Å²) in [7, 11) is 1.57.